The molecule has 0 fully saturated rings. The third kappa shape index (κ3) is 3.63. The van der Waals surface area contributed by atoms with Crippen LogP contribution in [0.25, 0.3) is 0 Å². The maximum atomic E-state index is 11.6. The van der Waals surface area contributed by atoms with E-state index in [2.05, 4.69) is 4.72 Å². The van der Waals surface area contributed by atoms with Crippen molar-refractivity contribution in [2.45, 2.75) is 44.8 Å². The van der Waals surface area contributed by atoms with Gasteiger partial charge in [-0.05, 0) is 32.1 Å². The molecule has 0 aliphatic heterocycles. The number of hydrogen-bond acceptors (Lipinski definition) is 3. The third-order valence-corrected chi connectivity index (χ3v) is 4.83. The summed E-state index contributed by atoms with van der Waals surface area (Å²) in [7, 11) is -3.47. The van der Waals surface area contributed by atoms with E-state index in [4.69, 9.17) is 0 Å². The van der Waals surface area contributed by atoms with Crippen molar-refractivity contribution in [3.8, 4) is 0 Å². The van der Waals surface area contributed by atoms with Gasteiger partial charge in [0, 0.05) is 6.42 Å². The van der Waals surface area contributed by atoms with E-state index in [1.807, 2.05) is 12.2 Å². The maximum absolute atomic E-state index is 11.6. The topological polar surface area (TPSA) is 63.2 Å². The van der Waals surface area contributed by atoms with E-state index >= 15 is 0 Å². The largest absolute Gasteiger partial charge is 0.274 e. The second kappa shape index (κ2) is 5.48. The predicted octanol–water partition coefficient (Wildman–Crippen LogP) is 1.59. The summed E-state index contributed by atoms with van der Waals surface area (Å²) in [6.45, 7) is 3.39. The fourth-order valence-electron chi connectivity index (χ4n) is 1.62. The SMILES string of the molecule is CC[C@@H](C)S(=O)(=O)NC(=O)C[C@@H]1C=CCC1. The molecule has 0 aromatic heterocycles. The van der Waals surface area contributed by atoms with Gasteiger partial charge in [0.15, 0.2) is 0 Å². The van der Waals surface area contributed by atoms with Crippen LogP contribution in [0.4, 0.5) is 0 Å². The smallest absolute Gasteiger partial charge is 0.237 e. The zero-order valence-electron chi connectivity index (χ0n) is 9.77. The lowest BCUT2D eigenvalue weighted by Gasteiger charge is -2.13. The molecule has 0 unspecified atom stereocenters. The van der Waals surface area contributed by atoms with Crippen molar-refractivity contribution in [1.82, 2.24) is 4.72 Å². The highest BCUT2D eigenvalue weighted by Gasteiger charge is 2.23. The Balaban J connectivity index is 2.47. The normalized spacial score (nSPS) is 22.0. The average Bonchev–Trinajstić information content (AvgIpc) is 2.67. The maximum Gasteiger partial charge on any atom is 0.237 e. The molecule has 0 heterocycles. The fourth-order valence-corrected chi connectivity index (χ4v) is 2.66. The Labute approximate surface area is 97.2 Å². The van der Waals surface area contributed by atoms with Crippen LogP contribution in [0.3, 0.4) is 0 Å². The Hall–Kier alpha value is -0.840. The Morgan fingerprint density at radius 3 is 2.75 bits per heavy atom. The van der Waals surface area contributed by atoms with Crippen molar-refractivity contribution in [2.75, 3.05) is 0 Å². The van der Waals surface area contributed by atoms with E-state index in [0.717, 1.165) is 12.8 Å². The van der Waals surface area contributed by atoms with Gasteiger partial charge in [-0.25, -0.2) is 8.42 Å². The molecule has 4 nitrogen and oxygen atoms in total. The van der Waals surface area contributed by atoms with Gasteiger partial charge in [-0.3, -0.25) is 9.52 Å². The molecule has 2 atom stereocenters. The Bertz CT molecular complexity index is 373. The van der Waals surface area contributed by atoms with Gasteiger partial charge in [-0.2, -0.15) is 0 Å². The summed E-state index contributed by atoms with van der Waals surface area (Å²) < 4.78 is 25.3. The molecule has 0 bridgehead atoms. The van der Waals surface area contributed by atoms with Crippen LogP contribution in [-0.4, -0.2) is 19.6 Å². The van der Waals surface area contributed by atoms with E-state index in [0.29, 0.717) is 6.42 Å². The van der Waals surface area contributed by atoms with Crippen LogP contribution < -0.4 is 4.72 Å². The first-order valence-corrected chi connectivity index (χ1v) is 7.21. The van der Waals surface area contributed by atoms with Gasteiger partial charge in [0.25, 0.3) is 0 Å². The third-order valence-electron chi connectivity index (χ3n) is 2.92. The monoisotopic (exact) mass is 245 g/mol. The molecule has 1 aliphatic carbocycles. The number of hydrogen-bond donors (Lipinski definition) is 1. The van der Waals surface area contributed by atoms with Crippen LogP contribution in [0.15, 0.2) is 12.2 Å². The zero-order chi connectivity index (χ0) is 12.2. The average molecular weight is 245 g/mol. The molecule has 1 amide bonds. The summed E-state index contributed by atoms with van der Waals surface area (Å²) in [5.41, 5.74) is 0. The number of allylic oxidation sites excluding steroid dienone is 2. The van der Waals surface area contributed by atoms with Gasteiger partial charge >= 0.3 is 0 Å². The van der Waals surface area contributed by atoms with E-state index in [-0.39, 0.29) is 12.3 Å². The summed E-state index contributed by atoms with van der Waals surface area (Å²) >= 11 is 0. The molecule has 1 aliphatic rings. The van der Waals surface area contributed by atoms with E-state index < -0.39 is 21.2 Å². The molecular formula is C11H19NO3S. The Morgan fingerprint density at radius 2 is 2.25 bits per heavy atom. The van der Waals surface area contributed by atoms with Gasteiger partial charge < -0.3 is 0 Å². The summed E-state index contributed by atoms with van der Waals surface area (Å²) in [4.78, 5) is 11.5. The molecule has 0 saturated carbocycles. The van der Waals surface area contributed by atoms with Crippen molar-refractivity contribution in [3.05, 3.63) is 12.2 Å². The van der Waals surface area contributed by atoms with E-state index in [9.17, 15) is 13.2 Å². The van der Waals surface area contributed by atoms with Crippen LogP contribution in [0.2, 0.25) is 0 Å². The summed E-state index contributed by atoms with van der Waals surface area (Å²) in [5, 5.41) is -0.518. The van der Waals surface area contributed by atoms with Crippen molar-refractivity contribution >= 4 is 15.9 Å². The lowest BCUT2D eigenvalue weighted by molar-refractivity contribution is -0.119. The van der Waals surface area contributed by atoms with Gasteiger partial charge in [0.05, 0.1) is 5.25 Å². The van der Waals surface area contributed by atoms with Crippen molar-refractivity contribution in [2.24, 2.45) is 5.92 Å². The molecule has 0 aromatic carbocycles. The quantitative estimate of drug-likeness (QED) is 0.748. The number of amides is 1. The van der Waals surface area contributed by atoms with Crippen molar-refractivity contribution in [3.63, 3.8) is 0 Å². The van der Waals surface area contributed by atoms with E-state index in [1.54, 1.807) is 13.8 Å². The van der Waals surface area contributed by atoms with Crippen molar-refractivity contribution < 1.29 is 13.2 Å². The minimum atomic E-state index is -3.47. The lowest BCUT2D eigenvalue weighted by Crippen LogP contribution is -2.37. The van der Waals surface area contributed by atoms with Crippen LogP contribution in [-0.2, 0) is 14.8 Å². The standard InChI is InChI=1S/C11H19NO3S/c1-3-9(2)16(14,15)12-11(13)8-10-6-4-5-7-10/h4,6,9-10H,3,5,7-8H2,1-2H3,(H,12,13)/t9-,10-/m1/s1. The van der Waals surface area contributed by atoms with Gasteiger partial charge in [-0.1, -0.05) is 19.1 Å². The highest BCUT2D eigenvalue weighted by Crippen LogP contribution is 2.20. The van der Waals surface area contributed by atoms with E-state index in [1.165, 1.54) is 0 Å². The second-order valence-electron chi connectivity index (χ2n) is 4.26. The summed E-state index contributed by atoms with van der Waals surface area (Å²) in [6.07, 6.45) is 6.71. The van der Waals surface area contributed by atoms with Gasteiger partial charge in [-0.15, -0.1) is 0 Å². The van der Waals surface area contributed by atoms with Gasteiger partial charge in [0.1, 0.15) is 0 Å². The van der Waals surface area contributed by atoms with Crippen LogP contribution in [0, 0.1) is 5.92 Å². The zero-order valence-corrected chi connectivity index (χ0v) is 10.6. The fraction of sp³-hybridized carbons (Fsp3) is 0.727. The van der Waals surface area contributed by atoms with Crippen molar-refractivity contribution in [1.29, 1.82) is 0 Å². The van der Waals surface area contributed by atoms with Crippen LogP contribution in [0.5, 0.6) is 0 Å². The summed E-state index contributed by atoms with van der Waals surface area (Å²) in [5.74, 6) is -0.191. The number of carbonyl (C=O) groups is 1. The molecule has 92 valence electrons. The predicted molar refractivity (Wildman–Crippen MR) is 63.3 cm³/mol. The molecule has 1 N–H and O–H groups in total. The number of rotatable bonds is 5. The Kier molecular flexibility index (Phi) is 4.53. The van der Waals surface area contributed by atoms with Gasteiger partial charge in [0.2, 0.25) is 15.9 Å². The second-order valence-corrected chi connectivity index (χ2v) is 6.36. The minimum absolute atomic E-state index is 0.201. The number of sulfonamides is 1. The molecule has 0 radical (unpaired) electrons. The molecule has 0 spiro atoms. The molecule has 16 heavy (non-hydrogen) atoms. The van der Waals surface area contributed by atoms with Crippen LogP contribution in [0.1, 0.15) is 39.5 Å². The number of nitrogens with one attached hydrogen (secondary N) is 1. The number of carbonyl (C=O) groups excluding carboxylic acids is 1. The minimum Gasteiger partial charge on any atom is -0.274 e. The first-order valence-electron chi connectivity index (χ1n) is 5.66. The Morgan fingerprint density at radius 1 is 1.56 bits per heavy atom. The van der Waals surface area contributed by atoms with Crippen LogP contribution >= 0.6 is 0 Å². The highest BCUT2D eigenvalue weighted by molar-refractivity contribution is 7.90. The molecule has 5 heteroatoms. The molecule has 1 rings (SSSR count). The first kappa shape index (κ1) is 13.2. The first-order chi connectivity index (χ1) is 7.45. The molecule has 0 saturated heterocycles. The molecule has 0 aromatic rings. The highest BCUT2D eigenvalue weighted by atomic mass is 32.2. The lowest BCUT2D eigenvalue weighted by atomic mass is 10.1. The molecular weight excluding hydrogens is 226 g/mol. The summed E-state index contributed by atoms with van der Waals surface area (Å²) in [6, 6.07) is 0.